The Balaban J connectivity index is 2.12. The van der Waals surface area contributed by atoms with Crippen molar-refractivity contribution in [2.24, 2.45) is 5.92 Å². The number of carbonyl (C=O) groups is 3. The summed E-state index contributed by atoms with van der Waals surface area (Å²) in [6.07, 6.45) is 0.395. The molecule has 1 saturated heterocycles. The topological polar surface area (TPSA) is 72.9 Å². The molecule has 2 atom stereocenters. The standard InChI is InChI=1S/C18H23NO5/c1-3-24-17(21)12-16(20)14-9-10-19(18(22)23-2)15(11-14)13-7-5-4-6-8-13/h4-8,14-15H,3,9-12H2,1-2H3. The first-order valence-electron chi connectivity index (χ1n) is 8.14. The van der Waals surface area contributed by atoms with Crippen LogP contribution in [0.15, 0.2) is 30.3 Å². The number of methoxy groups -OCH3 is 1. The van der Waals surface area contributed by atoms with E-state index in [4.69, 9.17) is 9.47 Å². The molecule has 130 valence electrons. The van der Waals surface area contributed by atoms with Gasteiger partial charge in [0.2, 0.25) is 0 Å². The van der Waals surface area contributed by atoms with Crippen LogP contribution in [0.3, 0.4) is 0 Å². The molecule has 0 spiro atoms. The van der Waals surface area contributed by atoms with Crippen molar-refractivity contribution in [2.45, 2.75) is 32.2 Å². The van der Waals surface area contributed by atoms with Gasteiger partial charge in [-0.05, 0) is 25.3 Å². The molecule has 0 radical (unpaired) electrons. The van der Waals surface area contributed by atoms with Crippen LogP contribution in [0.1, 0.15) is 37.8 Å². The third kappa shape index (κ3) is 4.34. The van der Waals surface area contributed by atoms with Crippen LogP contribution < -0.4 is 0 Å². The molecule has 1 heterocycles. The molecule has 1 aliphatic heterocycles. The van der Waals surface area contributed by atoms with Gasteiger partial charge in [-0.1, -0.05) is 30.3 Å². The molecule has 0 aromatic heterocycles. The number of nitrogens with zero attached hydrogens (tertiary/aromatic N) is 1. The Hall–Kier alpha value is -2.37. The third-order valence-corrected chi connectivity index (χ3v) is 4.28. The summed E-state index contributed by atoms with van der Waals surface area (Å²) in [5.41, 5.74) is 0.955. The van der Waals surface area contributed by atoms with E-state index < -0.39 is 12.1 Å². The molecule has 1 aliphatic rings. The van der Waals surface area contributed by atoms with Gasteiger partial charge in [0.15, 0.2) is 0 Å². The minimum atomic E-state index is -0.492. The van der Waals surface area contributed by atoms with Crippen molar-refractivity contribution in [3.63, 3.8) is 0 Å². The summed E-state index contributed by atoms with van der Waals surface area (Å²) in [6, 6.07) is 9.32. The van der Waals surface area contributed by atoms with Crippen LogP contribution in [0, 0.1) is 5.92 Å². The highest BCUT2D eigenvalue weighted by atomic mass is 16.5. The van der Waals surface area contributed by atoms with Gasteiger partial charge in [0, 0.05) is 12.5 Å². The Bertz CT molecular complexity index is 586. The molecule has 6 heteroatoms. The summed E-state index contributed by atoms with van der Waals surface area (Å²) in [6.45, 7) is 2.40. The molecular formula is C18H23NO5. The van der Waals surface area contributed by atoms with Crippen LogP contribution in [0.25, 0.3) is 0 Å². The summed E-state index contributed by atoms with van der Waals surface area (Å²) >= 11 is 0. The van der Waals surface area contributed by atoms with E-state index in [9.17, 15) is 14.4 Å². The number of amides is 1. The lowest BCUT2D eigenvalue weighted by Gasteiger charge is -2.38. The maximum absolute atomic E-state index is 12.4. The Kier molecular flexibility index (Phi) is 6.35. The molecule has 24 heavy (non-hydrogen) atoms. The number of ketones is 1. The lowest BCUT2D eigenvalue weighted by molar-refractivity contribution is -0.146. The zero-order valence-electron chi connectivity index (χ0n) is 14.1. The van der Waals surface area contributed by atoms with Crippen molar-refractivity contribution in [3.8, 4) is 0 Å². The molecule has 1 fully saturated rings. The number of rotatable bonds is 5. The molecule has 1 amide bonds. The highest BCUT2D eigenvalue weighted by molar-refractivity contribution is 5.96. The fourth-order valence-corrected chi connectivity index (χ4v) is 3.08. The monoisotopic (exact) mass is 333 g/mol. The van der Waals surface area contributed by atoms with Gasteiger partial charge >= 0.3 is 12.1 Å². The van der Waals surface area contributed by atoms with Gasteiger partial charge in [-0.2, -0.15) is 0 Å². The van der Waals surface area contributed by atoms with E-state index in [1.807, 2.05) is 30.3 Å². The van der Waals surface area contributed by atoms with E-state index in [1.54, 1.807) is 11.8 Å². The van der Waals surface area contributed by atoms with Crippen LogP contribution in [0.2, 0.25) is 0 Å². The first kappa shape index (κ1) is 18.0. The van der Waals surface area contributed by atoms with Crippen LogP contribution in [-0.4, -0.2) is 43.0 Å². The van der Waals surface area contributed by atoms with Gasteiger partial charge in [-0.15, -0.1) is 0 Å². The number of likely N-dealkylation sites (tertiary alicyclic amines) is 1. The molecule has 1 aromatic carbocycles. The van der Waals surface area contributed by atoms with E-state index >= 15 is 0 Å². The van der Waals surface area contributed by atoms with Gasteiger partial charge in [0.1, 0.15) is 12.2 Å². The van der Waals surface area contributed by atoms with Crippen molar-refractivity contribution >= 4 is 17.8 Å². The fourth-order valence-electron chi connectivity index (χ4n) is 3.08. The minimum absolute atomic E-state index is 0.126. The third-order valence-electron chi connectivity index (χ3n) is 4.28. The van der Waals surface area contributed by atoms with Crippen molar-refractivity contribution in [1.29, 1.82) is 0 Å². The second-order valence-electron chi connectivity index (χ2n) is 5.76. The zero-order valence-corrected chi connectivity index (χ0v) is 14.1. The highest BCUT2D eigenvalue weighted by Crippen LogP contribution is 2.35. The van der Waals surface area contributed by atoms with Crippen LogP contribution in [-0.2, 0) is 19.1 Å². The molecular weight excluding hydrogens is 310 g/mol. The van der Waals surface area contributed by atoms with Gasteiger partial charge in [-0.25, -0.2) is 4.79 Å². The van der Waals surface area contributed by atoms with Gasteiger partial charge < -0.3 is 14.4 Å². The number of piperidine rings is 1. The predicted molar refractivity (Wildman–Crippen MR) is 87.3 cm³/mol. The lowest BCUT2D eigenvalue weighted by Crippen LogP contribution is -2.42. The van der Waals surface area contributed by atoms with Crippen molar-refractivity contribution in [1.82, 2.24) is 4.90 Å². The number of benzene rings is 1. The van der Waals surface area contributed by atoms with Gasteiger partial charge in [0.25, 0.3) is 0 Å². The number of carbonyl (C=O) groups excluding carboxylic acids is 3. The van der Waals surface area contributed by atoms with Gasteiger partial charge in [0.05, 0.1) is 19.8 Å². The predicted octanol–water partition coefficient (Wildman–Crippen LogP) is 2.73. The van der Waals surface area contributed by atoms with E-state index in [0.29, 0.717) is 19.4 Å². The van der Waals surface area contributed by atoms with Crippen LogP contribution in [0.5, 0.6) is 0 Å². The molecule has 1 aromatic rings. The first-order valence-corrected chi connectivity index (χ1v) is 8.14. The average molecular weight is 333 g/mol. The SMILES string of the molecule is CCOC(=O)CC(=O)C1CCN(C(=O)OC)C(c2ccccc2)C1. The quantitative estimate of drug-likeness (QED) is 0.612. The Morgan fingerprint density at radius 3 is 2.54 bits per heavy atom. The van der Waals surface area contributed by atoms with E-state index in [0.717, 1.165) is 5.56 Å². The highest BCUT2D eigenvalue weighted by Gasteiger charge is 2.36. The number of hydrogen-bond acceptors (Lipinski definition) is 5. The minimum Gasteiger partial charge on any atom is -0.466 e. The van der Waals surface area contributed by atoms with Crippen molar-refractivity contribution in [3.05, 3.63) is 35.9 Å². The molecule has 6 nitrogen and oxygen atoms in total. The number of esters is 1. The molecule has 0 N–H and O–H groups in total. The maximum Gasteiger partial charge on any atom is 0.409 e. The maximum atomic E-state index is 12.4. The fraction of sp³-hybridized carbons (Fsp3) is 0.500. The van der Waals surface area contributed by atoms with Gasteiger partial charge in [-0.3, -0.25) is 9.59 Å². The Morgan fingerprint density at radius 1 is 1.21 bits per heavy atom. The van der Waals surface area contributed by atoms with E-state index in [2.05, 4.69) is 0 Å². The van der Waals surface area contributed by atoms with Crippen molar-refractivity contribution in [2.75, 3.05) is 20.3 Å². The smallest absolute Gasteiger partial charge is 0.409 e. The van der Waals surface area contributed by atoms with Crippen LogP contribution in [0.4, 0.5) is 4.79 Å². The zero-order chi connectivity index (χ0) is 17.5. The second kappa shape index (κ2) is 8.47. The normalized spacial score (nSPS) is 20.3. The summed E-state index contributed by atoms with van der Waals surface area (Å²) in [7, 11) is 1.35. The van der Waals surface area contributed by atoms with E-state index in [1.165, 1.54) is 7.11 Å². The summed E-state index contributed by atoms with van der Waals surface area (Å²) in [4.78, 5) is 37.6. The summed E-state index contributed by atoms with van der Waals surface area (Å²) in [5.74, 6) is -0.881. The lowest BCUT2D eigenvalue weighted by atomic mass is 9.84. The molecule has 0 saturated carbocycles. The first-order chi connectivity index (χ1) is 11.6. The summed E-state index contributed by atoms with van der Waals surface area (Å²) < 4.78 is 9.71. The second-order valence-corrected chi connectivity index (χ2v) is 5.76. The molecule has 2 unspecified atom stereocenters. The van der Waals surface area contributed by atoms with Crippen molar-refractivity contribution < 1.29 is 23.9 Å². The molecule has 0 aliphatic carbocycles. The number of Topliss-reactive ketones (excluding diaryl/α,β-unsaturated/α-hetero) is 1. The average Bonchev–Trinajstić information content (AvgIpc) is 2.61. The number of ether oxygens (including phenoxy) is 2. The Morgan fingerprint density at radius 2 is 1.92 bits per heavy atom. The van der Waals surface area contributed by atoms with Crippen LogP contribution >= 0.6 is 0 Å². The number of hydrogen-bond donors (Lipinski definition) is 0. The largest absolute Gasteiger partial charge is 0.466 e. The molecule has 2 rings (SSSR count). The van der Waals surface area contributed by atoms with E-state index in [-0.39, 0.29) is 30.8 Å². The molecule has 0 bridgehead atoms. The Labute approximate surface area is 141 Å². The summed E-state index contributed by atoms with van der Waals surface area (Å²) in [5, 5.41) is 0.